The standard InChI is InChI=1S/C18H24O3/c1-13(2)6-5-7-14(3)8-10-16-15(12-19)9-11-17(20)18(16)21-4/h6,8-9,11-12,20H,5,7,10H2,1-4H3/b14-8+. The van der Waals surface area contributed by atoms with E-state index in [1.807, 2.05) is 0 Å². The minimum atomic E-state index is 0.0636. The van der Waals surface area contributed by atoms with Gasteiger partial charge in [-0.25, -0.2) is 0 Å². The van der Waals surface area contributed by atoms with E-state index < -0.39 is 0 Å². The van der Waals surface area contributed by atoms with Crippen molar-refractivity contribution in [2.45, 2.75) is 40.0 Å². The van der Waals surface area contributed by atoms with E-state index in [9.17, 15) is 9.90 Å². The molecule has 1 rings (SSSR count). The maximum atomic E-state index is 11.1. The van der Waals surface area contributed by atoms with Gasteiger partial charge in [-0.2, -0.15) is 0 Å². The number of phenolic OH excluding ortho intramolecular Hbond substituents is 1. The molecule has 0 aromatic heterocycles. The molecule has 0 aliphatic carbocycles. The highest BCUT2D eigenvalue weighted by molar-refractivity contribution is 5.80. The van der Waals surface area contributed by atoms with Crippen molar-refractivity contribution in [3.05, 3.63) is 46.6 Å². The van der Waals surface area contributed by atoms with E-state index in [4.69, 9.17) is 4.74 Å². The second kappa shape index (κ2) is 8.30. The van der Waals surface area contributed by atoms with Crippen LogP contribution in [0.4, 0.5) is 0 Å². The Morgan fingerprint density at radius 1 is 1.24 bits per heavy atom. The quantitative estimate of drug-likeness (QED) is 0.595. The van der Waals surface area contributed by atoms with Gasteiger partial charge in [-0.1, -0.05) is 23.3 Å². The number of phenols is 1. The summed E-state index contributed by atoms with van der Waals surface area (Å²) < 4.78 is 5.22. The lowest BCUT2D eigenvalue weighted by Crippen LogP contribution is -1.97. The molecule has 0 amide bonds. The van der Waals surface area contributed by atoms with Crippen molar-refractivity contribution in [2.75, 3.05) is 7.11 Å². The van der Waals surface area contributed by atoms with Gasteiger partial charge in [0, 0.05) is 11.1 Å². The minimum absolute atomic E-state index is 0.0636. The molecule has 0 saturated carbocycles. The van der Waals surface area contributed by atoms with Gasteiger partial charge < -0.3 is 9.84 Å². The molecule has 0 unspecified atom stereocenters. The van der Waals surface area contributed by atoms with Crippen LogP contribution in [-0.2, 0) is 6.42 Å². The summed E-state index contributed by atoms with van der Waals surface area (Å²) >= 11 is 0. The molecule has 3 nitrogen and oxygen atoms in total. The van der Waals surface area contributed by atoms with Gasteiger partial charge >= 0.3 is 0 Å². The van der Waals surface area contributed by atoms with Crippen molar-refractivity contribution in [1.29, 1.82) is 0 Å². The van der Waals surface area contributed by atoms with Gasteiger partial charge in [0.2, 0.25) is 0 Å². The summed E-state index contributed by atoms with van der Waals surface area (Å²) in [6.45, 7) is 6.26. The second-order valence-electron chi connectivity index (χ2n) is 5.38. The minimum Gasteiger partial charge on any atom is -0.504 e. The predicted molar refractivity (Wildman–Crippen MR) is 86.2 cm³/mol. The summed E-state index contributed by atoms with van der Waals surface area (Å²) in [5.74, 6) is 0.446. The van der Waals surface area contributed by atoms with Crippen LogP contribution in [-0.4, -0.2) is 18.5 Å². The third-order valence-electron chi connectivity index (χ3n) is 3.35. The third kappa shape index (κ3) is 5.10. The van der Waals surface area contributed by atoms with Crippen molar-refractivity contribution in [2.24, 2.45) is 0 Å². The molecule has 0 aliphatic rings. The summed E-state index contributed by atoms with van der Waals surface area (Å²) in [6, 6.07) is 3.10. The zero-order chi connectivity index (χ0) is 15.8. The fourth-order valence-electron chi connectivity index (χ4n) is 2.15. The molecule has 3 heteroatoms. The SMILES string of the molecule is COc1c(O)ccc(C=O)c1C/C=C(\C)CCC=C(C)C. The Hall–Kier alpha value is -2.03. The Morgan fingerprint density at radius 3 is 2.52 bits per heavy atom. The van der Waals surface area contributed by atoms with E-state index in [0.29, 0.717) is 17.7 Å². The predicted octanol–water partition coefficient (Wildman–Crippen LogP) is 4.45. The molecular formula is C18H24O3. The van der Waals surface area contributed by atoms with Crippen LogP contribution in [0.15, 0.2) is 35.4 Å². The number of aromatic hydroxyl groups is 1. The normalized spacial score (nSPS) is 11.1. The van der Waals surface area contributed by atoms with Crippen molar-refractivity contribution < 1.29 is 14.6 Å². The number of allylic oxidation sites excluding steroid dienone is 4. The van der Waals surface area contributed by atoms with Crippen molar-refractivity contribution in [3.8, 4) is 11.5 Å². The van der Waals surface area contributed by atoms with Gasteiger partial charge in [0.25, 0.3) is 0 Å². The molecule has 0 radical (unpaired) electrons. The van der Waals surface area contributed by atoms with E-state index >= 15 is 0 Å². The smallest absolute Gasteiger partial charge is 0.164 e. The second-order valence-corrected chi connectivity index (χ2v) is 5.38. The zero-order valence-corrected chi connectivity index (χ0v) is 13.3. The average molecular weight is 288 g/mol. The highest BCUT2D eigenvalue weighted by Crippen LogP contribution is 2.32. The lowest BCUT2D eigenvalue weighted by molar-refractivity contribution is 0.112. The van der Waals surface area contributed by atoms with E-state index in [1.54, 1.807) is 6.07 Å². The lowest BCUT2D eigenvalue weighted by Gasteiger charge is -2.11. The Balaban J connectivity index is 2.89. The van der Waals surface area contributed by atoms with Gasteiger partial charge in [0.05, 0.1) is 7.11 Å². The number of aldehydes is 1. The molecule has 114 valence electrons. The number of hydrogen-bond acceptors (Lipinski definition) is 3. The third-order valence-corrected chi connectivity index (χ3v) is 3.35. The molecule has 1 aromatic carbocycles. The first-order valence-electron chi connectivity index (χ1n) is 7.12. The van der Waals surface area contributed by atoms with Crippen LogP contribution in [0.3, 0.4) is 0 Å². The molecule has 0 spiro atoms. The van der Waals surface area contributed by atoms with Gasteiger partial charge in [-0.05, 0) is 52.2 Å². The molecule has 0 aliphatic heterocycles. The molecule has 0 fully saturated rings. The van der Waals surface area contributed by atoms with Gasteiger partial charge in [0.15, 0.2) is 11.5 Å². The van der Waals surface area contributed by atoms with Crippen LogP contribution in [0.5, 0.6) is 11.5 Å². The van der Waals surface area contributed by atoms with E-state index in [1.165, 1.54) is 24.3 Å². The molecule has 1 N–H and O–H groups in total. The fraction of sp³-hybridized carbons (Fsp3) is 0.389. The van der Waals surface area contributed by atoms with Crippen LogP contribution >= 0.6 is 0 Å². The van der Waals surface area contributed by atoms with Gasteiger partial charge in [0.1, 0.15) is 6.29 Å². The molecule has 0 bridgehead atoms. The monoisotopic (exact) mass is 288 g/mol. The van der Waals surface area contributed by atoms with Crippen LogP contribution in [0.25, 0.3) is 0 Å². The van der Waals surface area contributed by atoms with Crippen LogP contribution in [0.2, 0.25) is 0 Å². The lowest BCUT2D eigenvalue weighted by atomic mass is 10.0. The molecular weight excluding hydrogens is 264 g/mol. The highest BCUT2D eigenvalue weighted by Gasteiger charge is 2.12. The highest BCUT2D eigenvalue weighted by atomic mass is 16.5. The molecule has 21 heavy (non-hydrogen) atoms. The van der Waals surface area contributed by atoms with Gasteiger partial charge in [-0.15, -0.1) is 0 Å². The van der Waals surface area contributed by atoms with E-state index in [2.05, 4.69) is 32.9 Å². The summed E-state index contributed by atoms with van der Waals surface area (Å²) in [5, 5.41) is 9.81. The number of ether oxygens (including phenoxy) is 1. The maximum Gasteiger partial charge on any atom is 0.164 e. The Kier molecular flexibility index (Phi) is 6.73. The molecule has 0 saturated heterocycles. The summed E-state index contributed by atoms with van der Waals surface area (Å²) in [6.07, 6.45) is 7.67. The van der Waals surface area contributed by atoms with E-state index in [-0.39, 0.29) is 5.75 Å². The summed E-state index contributed by atoms with van der Waals surface area (Å²) in [5.41, 5.74) is 3.86. The number of carbonyl (C=O) groups is 1. The topological polar surface area (TPSA) is 46.5 Å². The number of hydrogen-bond donors (Lipinski definition) is 1. The largest absolute Gasteiger partial charge is 0.504 e. The molecule has 1 aromatic rings. The van der Waals surface area contributed by atoms with Crippen molar-refractivity contribution >= 4 is 6.29 Å². The van der Waals surface area contributed by atoms with Crippen LogP contribution in [0, 0.1) is 0 Å². The summed E-state index contributed by atoms with van der Waals surface area (Å²) in [7, 11) is 1.50. The first kappa shape index (κ1) is 17.0. The van der Waals surface area contributed by atoms with Crippen molar-refractivity contribution in [1.82, 2.24) is 0 Å². The number of rotatable bonds is 7. The van der Waals surface area contributed by atoms with Crippen LogP contribution in [0.1, 0.15) is 49.5 Å². The average Bonchev–Trinajstić information content (AvgIpc) is 2.44. The maximum absolute atomic E-state index is 11.1. The first-order chi connectivity index (χ1) is 9.99. The number of carbonyl (C=O) groups excluding carboxylic acids is 1. The van der Waals surface area contributed by atoms with Crippen LogP contribution < -0.4 is 4.74 Å². The Morgan fingerprint density at radius 2 is 1.95 bits per heavy atom. The van der Waals surface area contributed by atoms with Crippen molar-refractivity contribution in [3.63, 3.8) is 0 Å². The first-order valence-corrected chi connectivity index (χ1v) is 7.12. The number of benzene rings is 1. The molecule has 0 atom stereocenters. The molecule has 0 heterocycles. The van der Waals surface area contributed by atoms with Gasteiger partial charge in [-0.3, -0.25) is 4.79 Å². The Bertz CT molecular complexity index is 550. The number of methoxy groups -OCH3 is 1. The summed E-state index contributed by atoms with van der Waals surface area (Å²) in [4.78, 5) is 11.1. The van der Waals surface area contributed by atoms with E-state index in [0.717, 1.165) is 24.7 Å². The Labute approximate surface area is 127 Å². The fourth-order valence-corrected chi connectivity index (χ4v) is 2.15. The zero-order valence-electron chi connectivity index (χ0n) is 13.3.